The molecule has 0 radical (unpaired) electrons. The molecule has 4 heteroatoms. The van der Waals surface area contributed by atoms with Gasteiger partial charge in [-0.2, -0.15) is 0 Å². The summed E-state index contributed by atoms with van der Waals surface area (Å²) in [5, 5.41) is 3.30. The van der Waals surface area contributed by atoms with Crippen LogP contribution in [0.15, 0.2) is 0 Å². The molecule has 0 spiro atoms. The summed E-state index contributed by atoms with van der Waals surface area (Å²) in [6, 6.07) is 0.0677. The maximum Gasteiger partial charge on any atom is 0.239 e. The number of nitrogens with one attached hydrogen (secondary N) is 1. The average molecular weight is 227 g/mol. The molecule has 16 heavy (non-hydrogen) atoms. The number of carbonyl (C=O) groups excluding carboxylic acids is 1. The van der Waals surface area contributed by atoms with Crippen molar-refractivity contribution >= 4 is 5.91 Å². The van der Waals surface area contributed by atoms with Crippen molar-refractivity contribution in [2.45, 2.75) is 31.7 Å². The highest BCUT2D eigenvalue weighted by molar-refractivity contribution is 5.81. The number of rotatable bonds is 5. The largest absolute Gasteiger partial charge is 0.344 e. The van der Waals surface area contributed by atoms with Crippen molar-refractivity contribution in [3.63, 3.8) is 0 Å². The number of piperidine rings is 1. The molecular weight excluding hydrogens is 202 g/mol. The van der Waals surface area contributed by atoms with E-state index in [1.165, 1.54) is 12.8 Å². The molecule has 1 amide bonds. The first-order chi connectivity index (χ1) is 7.61. The van der Waals surface area contributed by atoms with E-state index in [4.69, 9.17) is 0 Å². The SMILES string of the molecule is CN(C)CCCN(C)C(=O)[C@H]1CCCCN1. The van der Waals surface area contributed by atoms with Crippen LogP contribution in [-0.4, -0.2) is 62.5 Å². The third-order valence-electron chi connectivity index (χ3n) is 3.08. The quantitative estimate of drug-likeness (QED) is 0.744. The van der Waals surface area contributed by atoms with Gasteiger partial charge in [-0.25, -0.2) is 0 Å². The van der Waals surface area contributed by atoms with Crippen molar-refractivity contribution in [3.05, 3.63) is 0 Å². The minimum Gasteiger partial charge on any atom is -0.344 e. The van der Waals surface area contributed by atoms with Gasteiger partial charge in [-0.1, -0.05) is 6.42 Å². The molecule has 1 aliphatic heterocycles. The number of hydrogen-bond donors (Lipinski definition) is 1. The molecule has 4 nitrogen and oxygen atoms in total. The van der Waals surface area contributed by atoms with Crippen molar-refractivity contribution in [1.82, 2.24) is 15.1 Å². The number of carbonyl (C=O) groups is 1. The minimum absolute atomic E-state index is 0.0677. The molecule has 1 heterocycles. The van der Waals surface area contributed by atoms with Gasteiger partial charge < -0.3 is 15.1 Å². The highest BCUT2D eigenvalue weighted by Gasteiger charge is 2.22. The summed E-state index contributed by atoms with van der Waals surface area (Å²) in [4.78, 5) is 16.0. The van der Waals surface area contributed by atoms with E-state index in [0.29, 0.717) is 0 Å². The van der Waals surface area contributed by atoms with Gasteiger partial charge in [0.05, 0.1) is 6.04 Å². The Morgan fingerprint density at radius 2 is 2.00 bits per heavy atom. The second-order valence-corrected chi connectivity index (χ2v) is 4.92. The Morgan fingerprint density at radius 3 is 2.56 bits per heavy atom. The first-order valence-corrected chi connectivity index (χ1v) is 6.24. The molecule has 1 N–H and O–H groups in total. The van der Waals surface area contributed by atoms with Gasteiger partial charge in [0, 0.05) is 13.6 Å². The lowest BCUT2D eigenvalue weighted by Gasteiger charge is -2.27. The van der Waals surface area contributed by atoms with E-state index < -0.39 is 0 Å². The highest BCUT2D eigenvalue weighted by Crippen LogP contribution is 2.09. The van der Waals surface area contributed by atoms with Crippen LogP contribution in [0.4, 0.5) is 0 Å². The van der Waals surface area contributed by atoms with Crippen LogP contribution in [0.2, 0.25) is 0 Å². The van der Waals surface area contributed by atoms with Crippen LogP contribution in [-0.2, 0) is 4.79 Å². The van der Waals surface area contributed by atoms with Crippen LogP contribution in [0, 0.1) is 0 Å². The van der Waals surface area contributed by atoms with Gasteiger partial charge >= 0.3 is 0 Å². The zero-order chi connectivity index (χ0) is 12.0. The van der Waals surface area contributed by atoms with Crippen LogP contribution in [0.3, 0.4) is 0 Å². The molecule has 1 atom stereocenters. The molecule has 0 bridgehead atoms. The van der Waals surface area contributed by atoms with Gasteiger partial charge in [-0.3, -0.25) is 4.79 Å². The van der Waals surface area contributed by atoms with Crippen LogP contribution in [0.25, 0.3) is 0 Å². The molecule has 94 valence electrons. The number of likely N-dealkylation sites (N-methyl/N-ethyl adjacent to an activating group) is 1. The lowest BCUT2D eigenvalue weighted by atomic mass is 10.0. The molecule has 1 rings (SSSR count). The second-order valence-electron chi connectivity index (χ2n) is 4.92. The monoisotopic (exact) mass is 227 g/mol. The Bertz CT molecular complexity index is 212. The van der Waals surface area contributed by atoms with Crippen molar-refractivity contribution in [2.75, 3.05) is 40.8 Å². The smallest absolute Gasteiger partial charge is 0.239 e. The summed E-state index contributed by atoms with van der Waals surface area (Å²) < 4.78 is 0. The number of hydrogen-bond acceptors (Lipinski definition) is 3. The number of nitrogens with zero attached hydrogens (tertiary/aromatic N) is 2. The molecule has 1 fully saturated rings. The standard InChI is InChI=1S/C12H25N3O/c1-14(2)9-6-10-15(3)12(16)11-7-4-5-8-13-11/h11,13H,4-10H2,1-3H3/t11-/m1/s1. The fourth-order valence-corrected chi connectivity index (χ4v) is 2.06. The van der Waals surface area contributed by atoms with Gasteiger partial charge in [0.25, 0.3) is 0 Å². The van der Waals surface area contributed by atoms with Gasteiger partial charge in [0.1, 0.15) is 0 Å². The van der Waals surface area contributed by atoms with E-state index in [0.717, 1.165) is 32.5 Å². The Labute approximate surface area is 99.0 Å². The average Bonchev–Trinajstić information content (AvgIpc) is 2.28. The summed E-state index contributed by atoms with van der Waals surface area (Å²) in [5.74, 6) is 0.262. The van der Waals surface area contributed by atoms with E-state index in [-0.39, 0.29) is 11.9 Å². The van der Waals surface area contributed by atoms with Crippen molar-refractivity contribution < 1.29 is 4.79 Å². The zero-order valence-corrected chi connectivity index (χ0v) is 10.8. The van der Waals surface area contributed by atoms with Crippen molar-refractivity contribution in [2.24, 2.45) is 0 Å². The maximum atomic E-state index is 12.0. The number of amides is 1. The summed E-state index contributed by atoms with van der Waals surface area (Å²) >= 11 is 0. The highest BCUT2D eigenvalue weighted by atomic mass is 16.2. The minimum atomic E-state index is 0.0677. The Balaban J connectivity index is 2.23. The molecule has 0 unspecified atom stereocenters. The molecule has 0 aromatic carbocycles. The Morgan fingerprint density at radius 1 is 1.25 bits per heavy atom. The third-order valence-corrected chi connectivity index (χ3v) is 3.08. The Hall–Kier alpha value is -0.610. The summed E-state index contributed by atoms with van der Waals surface area (Å²) in [6.07, 6.45) is 4.42. The predicted molar refractivity (Wildman–Crippen MR) is 66.4 cm³/mol. The van der Waals surface area contributed by atoms with Crippen LogP contribution in [0.1, 0.15) is 25.7 Å². The second kappa shape index (κ2) is 6.86. The van der Waals surface area contributed by atoms with Gasteiger partial charge in [0.2, 0.25) is 5.91 Å². The fraction of sp³-hybridized carbons (Fsp3) is 0.917. The predicted octanol–water partition coefficient (Wildman–Crippen LogP) is 0.539. The molecule has 0 saturated carbocycles. The fourth-order valence-electron chi connectivity index (χ4n) is 2.06. The van der Waals surface area contributed by atoms with Gasteiger partial charge in [0.15, 0.2) is 0 Å². The zero-order valence-electron chi connectivity index (χ0n) is 10.8. The molecular formula is C12H25N3O. The van der Waals surface area contributed by atoms with Crippen LogP contribution >= 0.6 is 0 Å². The van der Waals surface area contributed by atoms with Gasteiger partial charge in [-0.05, 0) is 46.4 Å². The van der Waals surface area contributed by atoms with Crippen LogP contribution in [0.5, 0.6) is 0 Å². The topological polar surface area (TPSA) is 35.6 Å². The summed E-state index contributed by atoms with van der Waals surface area (Å²) in [5.41, 5.74) is 0. The normalized spacial score (nSPS) is 21.1. The van der Waals surface area contributed by atoms with E-state index >= 15 is 0 Å². The molecule has 0 aliphatic carbocycles. The lowest BCUT2D eigenvalue weighted by Crippen LogP contribution is -2.47. The first kappa shape index (κ1) is 13.5. The first-order valence-electron chi connectivity index (χ1n) is 6.24. The van der Waals surface area contributed by atoms with E-state index in [9.17, 15) is 4.79 Å². The maximum absolute atomic E-state index is 12.0. The van der Waals surface area contributed by atoms with Gasteiger partial charge in [-0.15, -0.1) is 0 Å². The van der Waals surface area contributed by atoms with Crippen LogP contribution < -0.4 is 5.32 Å². The lowest BCUT2D eigenvalue weighted by molar-refractivity contribution is -0.132. The van der Waals surface area contributed by atoms with E-state index in [1.54, 1.807) is 0 Å². The molecule has 1 aliphatic rings. The third kappa shape index (κ3) is 4.49. The van der Waals surface area contributed by atoms with E-state index in [2.05, 4.69) is 24.3 Å². The van der Waals surface area contributed by atoms with Crippen molar-refractivity contribution in [1.29, 1.82) is 0 Å². The molecule has 1 saturated heterocycles. The molecule has 0 aromatic rings. The summed E-state index contributed by atoms with van der Waals surface area (Å²) in [7, 11) is 6.03. The van der Waals surface area contributed by atoms with E-state index in [1.807, 2.05) is 11.9 Å². The van der Waals surface area contributed by atoms with Crippen molar-refractivity contribution in [3.8, 4) is 0 Å². The Kier molecular flexibility index (Phi) is 5.77. The summed E-state index contributed by atoms with van der Waals surface area (Å²) in [6.45, 7) is 2.88. The molecule has 0 aromatic heterocycles.